The van der Waals surface area contributed by atoms with Crippen LogP contribution in [-0.4, -0.2) is 26.4 Å². The molecule has 3 aromatic rings. The summed E-state index contributed by atoms with van der Waals surface area (Å²) in [6.07, 6.45) is 1.59. The molecule has 0 saturated heterocycles. The van der Waals surface area contributed by atoms with E-state index in [1.165, 1.54) is 17.3 Å². The number of nitrogens with zero attached hydrogens (tertiary/aromatic N) is 3. The summed E-state index contributed by atoms with van der Waals surface area (Å²) < 4.78 is 7.16. The molecule has 0 bridgehead atoms. The smallest absolute Gasteiger partial charge is 0.230 e. The number of aromatic nitrogens is 3. The van der Waals surface area contributed by atoms with Gasteiger partial charge in [0.2, 0.25) is 5.91 Å². The molecule has 1 atom stereocenters. The number of nitrogens with one attached hydrogen (secondary N) is 1. The first-order chi connectivity index (χ1) is 12.1. The van der Waals surface area contributed by atoms with Crippen LogP contribution >= 0.6 is 11.8 Å². The molecular weight excluding hydrogens is 336 g/mol. The lowest BCUT2D eigenvalue weighted by Gasteiger charge is -2.16. The van der Waals surface area contributed by atoms with Gasteiger partial charge in [-0.3, -0.25) is 4.79 Å². The van der Waals surface area contributed by atoms with Crippen LogP contribution in [0.15, 0.2) is 52.2 Å². The molecule has 3 rings (SSSR count). The van der Waals surface area contributed by atoms with Gasteiger partial charge in [0.1, 0.15) is 0 Å². The van der Waals surface area contributed by atoms with E-state index in [0.717, 1.165) is 5.56 Å². The van der Waals surface area contributed by atoms with Gasteiger partial charge < -0.3 is 14.3 Å². The van der Waals surface area contributed by atoms with Crippen molar-refractivity contribution in [3.8, 4) is 11.6 Å². The average Bonchev–Trinajstić information content (AvgIpc) is 3.23. The number of hydrogen-bond acceptors (Lipinski definition) is 5. The van der Waals surface area contributed by atoms with Crippen molar-refractivity contribution in [3.63, 3.8) is 0 Å². The van der Waals surface area contributed by atoms with E-state index in [1.54, 1.807) is 12.3 Å². The Labute approximate surface area is 150 Å². The van der Waals surface area contributed by atoms with Crippen molar-refractivity contribution >= 4 is 17.7 Å². The van der Waals surface area contributed by atoms with Gasteiger partial charge in [0, 0.05) is 7.05 Å². The molecule has 0 saturated carbocycles. The van der Waals surface area contributed by atoms with E-state index in [1.807, 2.05) is 55.8 Å². The van der Waals surface area contributed by atoms with E-state index in [4.69, 9.17) is 4.42 Å². The molecule has 7 heteroatoms. The van der Waals surface area contributed by atoms with Gasteiger partial charge in [0.05, 0.1) is 18.1 Å². The van der Waals surface area contributed by atoms with E-state index in [9.17, 15) is 4.79 Å². The van der Waals surface area contributed by atoms with Crippen molar-refractivity contribution in [3.05, 3.63) is 53.8 Å². The monoisotopic (exact) mass is 356 g/mol. The molecule has 1 amide bonds. The summed E-state index contributed by atoms with van der Waals surface area (Å²) in [7, 11) is 1.86. The molecule has 0 aliphatic carbocycles. The summed E-state index contributed by atoms with van der Waals surface area (Å²) >= 11 is 1.35. The molecule has 0 fully saturated rings. The van der Waals surface area contributed by atoms with Crippen LogP contribution in [0.4, 0.5) is 0 Å². The molecule has 25 heavy (non-hydrogen) atoms. The van der Waals surface area contributed by atoms with Gasteiger partial charge in [-0.15, -0.1) is 10.2 Å². The first-order valence-electron chi connectivity index (χ1n) is 7.97. The van der Waals surface area contributed by atoms with Crippen LogP contribution in [0.2, 0.25) is 0 Å². The molecule has 2 heterocycles. The zero-order chi connectivity index (χ0) is 17.8. The molecule has 0 aliphatic heterocycles. The van der Waals surface area contributed by atoms with E-state index >= 15 is 0 Å². The fourth-order valence-electron chi connectivity index (χ4n) is 2.62. The minimum atomic E-state index is -0.0386. The van der Waals surface area contributed by atoms with Crippen molar-refractivity contribution in [2.75, 3.05) is 5.75 Å². The number of thioether (sulfide) groups is 1. The molecule has 6 nitrogen and oxygen atoms in total. The molecule has 1 aromatic carbocycles. The van der Waals surface area contributed by atoms with E-state index in [2.05, 4.69) is 15.5 Å². The third-order valence-corrected chi connectivity index (χ3v) is 4.96. The summed E-state index contributed by atoms with van der Waals surface area (Å²) in [5.74, 6) is 1.53. The normalized spacial score (nSPS) is 12.1. The van der Waals surface area contributed by atoms with Crippen molar-refractivity contribution in [1.29, 1.82) is 0 Å². The molecule has 1 N–H and O–H groups in total. The number of aryl methyl sites for hydroxylation is 1. The van der Waals surface area contributed by atoms with E-state index in [0.29, 0.717) is 16.7 Å². The largest absolute Gasteiger partial charge is 0.461 e. The van der Waals surface area contributed by atoms with Crippen molar-refractivity contribution in [1.82, 2.24) is 20.1 Å². The van der Waals surface area contributed by atoms with Crippen LogP contribution in [0, 0.1) is 6.92 Å². The number of carbonyl (C=O) groups is 1. The summed E-state index contributed by atoms with van der Waals surface area (Å²) in [6.45, 7) is 4.03. The lowest BCUT2D eigenvalue weighted by molar-refractivity contribution is -0.119. The Bertz CT molecular complexity index is 858. The van der Waals surface area contributed by atoms with Gasteiger partial charge in [-0.2, -0.15) is 0 Å². The Balaban J connectivity index is 1.59. The maximum absolute atomic E-state index is 12.3. The third kappa shape index (κ3) is 3.93. The van der Waals surface area contributed by atoms with Crippen LogP contribution in [0.25, 0.3) is 11.6 Å². The summed E-state index contributed by atoms with van der Waals surface area (Å²) in [5, 5.41) is 12.0. The Morgan fingerprint density at radius 3 is 2.80 bits per heavy atom. The topological polar surface area (TPSA) is 73.0 Å². The van der Waals surface area contributed by atoms with Gasteiger partial charge in [-0.25, -0.2) is 0 Å². The number of carbonyl (C=O) groups excluding carboxylic acids is 1. The average molecular weight is 356 g/mol. The third-order valence-electron chi connectivity index (χ3n) is 3.94. The Kier molecular flexibility index (Phi) is 5.23. The number of furan rings is 1. The van der Waals surface area contributed by atoms with E-state index < -0.39 is 0 Å². The quantitative estimate of drug-likeness (QED) is 0.686. The van der Waals surface area contributed by atoms with Crippen molar-refractivity contribution < 1.29 is 9.21 Å². The second-order valence-corrected chi connectivity index (χ2v) is 6.72. The van der Waals surface area contributed by atoms with Gasteiger partial charge in [0.15, 0.2) is 16.7 Å². The highest BCUT2D eigenvalue weighted by Gasteiger charge is 2.16. The lowest BCUT2D eigenvalue weighted by Crippen LogP contribution is -2.28. The maximum Gasteiger partial charge on any atom is 0.230 e. The summed E-state index contributed by atoms with van der Waals surface area (Å²) in [4.78, 5) is 12.3. The molecule has 130 valence electrons. The minimum Gasteiger partial charge on any atom is -0.461 e. The fourth-order valence-corrected chi connectivity index (χ4v) is 3.35. The van der Waals surface area contributed by atoms with Crippen molar-refractivity contribution in [2.24, 2.45) is 7.05 Å². The molecule has 2 aromatic heterocycles. The van der Waals surface area contributed by atoms with Crippen LogP contribution in [0.5, 0.6) is 0 Å². The molecule has 0 aliphatic rings. The van der Waals surface area contributed by atoms with Gasteiger partial charge in [0.25, 0.3) is 0 Å². The molecule has 0 radical (unpaired) electrons. The van der Waals surface area contributed by atoms with Crippen LogP contribution < -0.4 is 5.32 Å². The van der Waals surface area contributed by atoms with Gasteiger partial charge in [-0.05, 0) is 37.1 Å². The van der Waals surface area contributed by atoms with Crippen LogP contribution in [0.3, 0.4) is 0 Å². The Morgan fingerprint density at radius 2 is 2.08 bits per heavy atom. The minimum absolute atomic E-state index is 0.0347. The molecule has 0 spiro atoms. The predicted molar refractivity (Wildman–Crippen MR) is 97.2 cm³/mol. The first kappa shape index (κ1) is 17.3. The van der Waals surface area contributed by atoms with Gasteiger partial charge in [-0.1, -0.05) is 36.0 Å². The maximum atomic E-state index is 12.3. The molecule has 0 unspecified atom stereocenters. The second kappa shape index (κ2) is 7.57. The Morgan fingerprint density at radius 1 is 1.28 bits per heavy atom. The van der Waals surface area contributed by atoms with E-state index in [-0.39, 0.29) is 17.7 Å². The SMILES string of the molecule is Cc1ccccc1[C@@H](C)NC(=O)CSc1nnc(-c2ccco2)n1C. The number of hydrogen-bond donors (Lipinski definition) is 1. The predicted octanol–water partition coefficient (Wildman–Crippen LogP) is 3.35. The summed E-state index contributed by atoms with van der Waals surface area (Å²) in [6, 6.07) is 11.6. The van der Waals surface area contributed by atoms with Crippen LogP contribution in [-0.2, 0) is 11.8 Å². The fraction of sp³-hybridized carbons (Fsp3) is 0.278. The zero-order valence-corrected chi connectivity index (χ0v) is 15.2. The van der Waals surface area contributed by atoms with Crippen molar-refractivity contribution in [2.45, 2.75) is 25.0 Å². The lowest BCUT2D eigenvalue weighted by atomic mass is 10.0. The molecular formula is C18H20N4O2S. The number of rotatable bonds is 6. The highest BCUT2D eigenvalue weighted by atomic mass is 32.2. The highest BCUT2D eigenvalue weighted by molar-refractivity contribution is 7.99. The van der Waals surface area contributed by atoms with Gasteiger partial charge >= 0.3 is 0 Å². The zero-order valence-electron chi connectivity index (χ0n) is 14.4. The summed E-state index contributed by atoms with van der Waals surface area (Å²) in [5.41, 5.74) is 2.29. The number of amides is 1. The van der Waals surface area contributed by atoms with Crippen LogP contribution in [0.1, 0.15) is 24.1 Å². The number of benzene rings is 1. The Hall–Kier alpha value is -2.54. The highest BCUT2D eigenvalue weighted by Crippen LogP contribution is 2.23. The standard InChI is InChI=1S/C18H20N4O2S/c1-12-7-4-5-8-14(12)13(2)19-16(23)11-25-18-21-20-17(22(18)3)15-9-6-10-24-15/h4-10,13H,11H2,1-3H3,(H,19,23)/t13-/m1/s1. The first-order valence-corrected chi connectivity index (χ1v) is 8.95. The second-order valence-electron chi connectivity index (χ2n) is 5.78.